The fourth-order valence-corrected chi connectivity index (χ4v) is 1.26. The van der Waals surface area contributed by atoms with Crippen LogP contribution in [0.3, 0.4) is 0 Å². The van der Waals surface area contributed by atoms with E-state index in [1.807, 2.05) is 7.05 Å². The lowest BCUT2D eigenvalue weighted by molar-refractivity contribution is 0.749. The van der Waals surface area contributed by atoms with E-state index in [4.69, 9.17) is 0 Å². The summed E-state index contributed by atoms with van der Waals surface area (Å²) in [6, 6.07) is 0. The van der Waals surface area contributed by atoms with Crippen LogP contribution < -0.4 is 0 Å². The summed E-state index contributed by atoms with van der Waals surface area (Å²) in [4.78, 5) is 4.10. The van der Waals surface area contributed by atoms with Crippen LogP contribution in [0.2, 0.25) is 0 Å². The smallest absolute Gasteiger partial charge is 0.218 e. The van der Waals surface area contributed by atoms with E-state index in [0.29, 0.717) is 10.7 Å². The van der Waals surface area contributed by atoms with E-state index in [9.17, 15) is 0 Å². The van der Waals surface area contributed by atoms with Gasteiger partial charge in [0.2, 0.25) is 10.6 Å². The molecule has 1 heterocycles. The van der Waals surface area contributed by atoms with Gasteiger partial charge >= 0.3 is 0 Å². The highest BCUT2D eigenvalue weighted by Gasteiger charge is 2.18. The van der Waals surface area contributed by atoms with Gasteiger partial charge in [0.05, 0.1) is 0 Å². The molecule has 1 fully saturated rings. The number of rotatable bonds is 0. The average molecular weight is 226 g/mol. The van der Waals surface area contributed by atoms with E-state index < -0.39 is 0 Å². The summed E-state index contributed by atoms with van der Waals surface area (Å²) < 4.78 is 2.28. The Labute approximate surface area is 79.3 Å². The molecule has 12 heavy (non-hydrogen) atoms. The fraction of sp³-hybridized carbons (Fsp3) is 0.500. The van der Waals surface area contributed by atoms with Crippen LogP contribution in [0.5, 0.6) is 0 Å². The van der Waals surface area contributed by atoms with Gasteiger partial charge in [-0.1, -0.05) is 5.92 Å². The van der Waals surface area contributed by atoms with Crippen molar-refractivity contribution in [1.29, 1.82) is 0 Å². The molecule has 0 N–H and O–H groups in total. The number of hydrogen-bond acceptors (Lipinski definition) is 2. The first-order chi connectivity index (χ1) is 5.75. The Balaban J connectivity index is 2.22. The summed E-state index contributed by atoms with van der Waals surface area (Å²) in [5.41, 5.74) is 0. The maximum atomic E-state index is 4.10. The molecule has 62 valence electrons. The number of halogens is 1. The van der Waals surface area contributed by atoms with Crippen molar-refractivity contribution in [2.75, 3.05) is 0 Å². The summed E-state index contributed by atoms with van der Waals surface area (Å²) in [5.74, 6) is 7.48. The lowest BCUT2D eigenvalue weighted by Gasteiger charge is -1.85. The molecule has 0 radical (unpaired) electrons. The summed E-state index contributed by atoms with van der Waals surface area (Å²) in [7, 11) is 1.84. The van der Waals surface area contributed by atoms with Crippen molar-refractivity contribution >= 4 is 15.9 Å². The Kier molecular flexibility index (Phi) is 1.89. The molecule has 0 spiro atoms. The summed E-state index contributed by atoms with van der Waals surface area (Å²) in [6.45, 7) is 0. The van der Waals surface area contributed by atoms with Gasteiger partial charge in [-0.15, -0.1) is 5.10 Å². The van der Waals surface area contributed by atoms with Crippen LogP contribution in [0.4, 0.5) is 0 Å². The maximum Gasteiger partial charge on any atom is 0.218 e. The highest BCUT2D eigenvalue weighted by Crippen LogP contribution is 2.27. The second-order valence-electron chi connectivity index (χ2n) is 2.87. The van der Waals surface area contributed by atoms with Crippen molar-refractivity contribution in [3.8, 4) is 11.8 Å². The van der Waals surface area contributed by atoms with Gasteiger partial charge in [-0.2, -0.15) is 4.98 Å². The Morgan fingerprint density at radius 3 is 2.83 bits per heavy atom. The molecular formula is C8H8BrN3. The predicted octanol–water partition coefficient (Wildman–Crippen LogP) is 1.34. The standard InChI is InChI=1S/C8H8BrN3/c1-12-7(10-8(9)11-12)5-4-6-2-3-6/h6H,2-3H2,1H3. The molecular weight excluding hydrogens is 218 g/mol. The monoisotopic (exact) mass is 225 g/mol. The molecule has 0 aromatic carbocycles. The van der Waals surface area contributed by atoms with E-state index in [1.165, 1.54) is 12.8 Å². The van der Waals surface area contributed by atoms with E-state index >= 15 is 0 Å². The van der Waals surface area contributed by atoms with Gasteiger partial charge in [-0.3, -0.25) is 0 Å². The quantitative estimate of drug-likeness (QED) is 0.625. The van der Waals surface area contributed by atoms with Crippen molar-refractivity contribution in [1.82, 2.24) is 14.8 Å². The third-order valence-corrected chi connectivity index (χ3v) is 2.04. The minimum Gasteiger partial charge on any atom is -0.241 e. The number of aryl methyl sites for hydroxylation is 1. The lowest BCUT2D eigenvalue weighted by Crippen LogP contribution is -1.94. The third-order valence-electron chi connectivity index (χ3n) is 1.70. The normalized spacial score (nSPS) is 15.5. The molecule has 1 aromatic heterocycles. The molecule has 0 aliphatic heterocycles. The molecule has 0 unspecified atom stereocenters. The molecule has 1 aliphatic carbocycles. The van der Waals surface area contributed by atoms with Crippen molar-refractivity contribution in [2.24, 2.45) is 13.0 Å². The third kappa shape index (κ3) is 1.67. The zero-order valence-electron chi connectivity index (χ0n) is 6.71. The summed E-state index contributed by atoms with van der Waals surface area (Å²) in [5, 5.41) is 4.03. The van der Waals surface area contributed by atoms with Crippen LogP contribution in [0.15, 0.2) is 4.73 Å². The van der Waals surface area contributed by atoms with Crippen molar-refractivity contribution in [3.63, 3.8) is 0 Å². The highest BCUT2D eigenvalue weighted by atomic mass is 79.9. The second kappa shape index (κ2) is 2.91. The number of nitrogens with zero attached hydrogens (tertiary/aromatic N) is 3. The topological polar surface area (TPSA) is 30.7 Å². The van der Waals surface area contributed by atoms with E-state index in [-0.39, 0.29) is 0 Å². The first kappa shape index (κ1) is 7.81. The Morgan fingerprint density at radius 1 is 1.58 bits per heavy atom. The van der Waals surface area contributed by atoms with Gasteiger partial charge in [0.1, 0.15) is 0 Å². The van der Waals surface area contributed by atoms with Gasteiger partial charge in [0, 0.05) is 13.0 Å². The zero-order valence-corrected chi connectivity index (χ0v) is 8.30. The molecule has 1 saturated carbocycles. The number of aromatic nitrogens is 3. The van der Waals surface area contributed by atoms with E-state index in [0.717, 1.165) is 5.82 Å². The van der Waals surface area contributed by atoms with Gasteiger partial charge in [-0.05, 0) is 34.7 Å². The largest absolute Gasteiger partial charge is 0.241 e. The lowest BCUT2D eigenvalue weighted by atomic mass is 10.4. The molecule has 3 nitrogen and oxygen atoms in total. The second-order valence-corrected chi connectivity index (χ2v) is 3.58. The number of hydrogen-bond donors (Lipinski definition) is 0. The molecule has 4 heteroatoms. The summed E-state index contributed by atoms with van der Waals surface area (Å²) in [6.07, 6.45) is 2.48. The van der Waals surface area contributed by atoms with Crippen LogP contribution in [0.25, 0.3) is 0 Å². The fourth-order valence-electron chi connectivity index (χ4n) is 0.856. The van der Waals surface area contributed by atoms with Crippen LogP contribution >= 0.6 is 15.9 Å². The molecule has 0 bridgehead atoms. The highest BCUT2D eigenvalue weighted by molar-refractivity contribution is 9.10. The average Bonchev–Trinajstić information content (AvgIpc) is 2.76. The van der Waals surface area contributed by atoms with Crippen molar-refractivity contribution in [2.45, 2.75) is 12.8 Å². The first-order valence-electron chi connectivity index (χ1n) is 3.84. The SMILES string of the molecule is Cn1nc(Br)nc1C#CC1CC1. The molecule has 1 aromatic rings. The van der Waals surface area contributed by atoms with Crippen LogP contribution in [-0.4, -0.2) is 14.8 Å². The van der Waals surface area contributed by atoms with Crippen LogP contribution in [-0.2, 0) is 7.05 Å². The van der Waals surface area contributed by atoms with Crippen molar-refractivity contribution < 1.29 is 0 Å². The van der Waals surface area contributed by atoms with E-state index in [1.54, 1.807) is 4.68 Å². The minimum atomic E-state index is 0.602. The van der Waals surface area contributed by atoms with Crippen LogP contribution in [0, 0.1) is 17.8 Å². The molecule has 2 rings (SSSR count). The summed E-state index contributed by atoms with van der Waals surface area (Å²) >= 11 is 3.19. The predicted molar refractivity (Wildman–Crippen MR) is 48.3 cm³/mol. The van der Waals surface area contributed by atoms with Crippen LogP contribution in [0.1, 0.15) is 18.7 Å². The Bertz CT molecular complexity index is 354. The van der Waals surface area contributed by atoms with Crippen molar-refractivity contribution in [3.05, 3.63) is 10.6 Å². The maximum absolute atomic E-state index is 4.10. The van der Waals surface area contributed by atoms with Gasteiger partial charge in [0.25, 0.3) is 0 Å². The Morgan fingerprint density at radius 2 is 2.33 bits per heavy atom. The molecule has 0 saturated heterocycles. The Hall–Kier alpha value is -0.820. The molecule has 1 aliphatic rings. The van der Waals surface area contributed by atoms with Gasteiger partial charge < -0.3 is 0 Å². The first-order valence-corrected chi connectivity index (χ1v) is 4.63. The van der Waals surface area contributed by atoms with Gasteiger partial charge in [0.15, 0.2) is 0 Å². The zero-order chi connectivity index (χ0) is 8.55. The van der Waals surface area contributed by atoms with Gasteiger partial charge in [-0.25, -0.2) is 4.68 Å². The van der Waals surface area contributed by atoms with E-state index in [2.05, 4.69) is 37.9 Å². The molecule has 0 atom stereocenters. The molecule has 0 amide bonds. The minimum absolute atomic E-state index is 0.602.